The SMILES string of the molecule is C/C=C(\C)CCC(C)(CC)C/C=C/[C@@H]1OC(C)(CC)[C@@H](C)[C@H](O)[C@H]1O. The van der Waals surface area contributed by atoms with E-state index in [1.165, 1.54) is 5.57 Å². The Morgan fingerprint density at radius 3 is 2.40 bits per heavy atom. The predicted octanol–water partition coefficient (Wildman–Crippen LogP) is 5.02. The van der Waals surface area contributed by atoms with E-state index < -0.39 is 23.9 Å². The molecule has 2 unspecified atom stereocenters. The first-order valence-electron chi connectivity index (χ1n) is 9.95. The maximum Gasteiger partial charge on any atom is 0.110 e. The topological polar surface area (TPSA) is 49.7 Å². The fraction of sp³-hybridized carbons (Fsp3) is 0.818. The van der Waals surface area contributed by atoms with Gasteiger partial charge in [-0.05, 0) is 51.9 Å². The zero-order valence-electron chi connectivity index (χ0n) is 17.4. The van der Waals surface area contributed by atoms with Gasteiger partial charge >= 0.3 is 0 Å². The average molecular weight is 353 g/mol. The van der Waals surface area contributed by atoms with Crippen molar-refractivity contribution in [3.63, 3.8) is 0 Å². The van der Waals surface area contributed by atoms with Crippen molar-refractivity contribution in [1.29, 1.82) is 0 Å². The van der Waals surface area contributed by atoms with Crippen molar-refractivity contribution in [3.8, 4) is 0 Å². The van der Waals surface area contributed by atoms with E-state index in [0.29, 0.717) is 0 Å². The number of rotatable bonds is 8. The molecule has 1 rings (SSSR count). The molecule has 0 bridgehead atoms. The zero-order valence-corrected chi connectivity index (χ0v) is 17.4. The van der Waals surface area contributed by atoms with Crippen LogP contribution in [0.4, 0.5) is 0 Å². The summed E-state index contributed by atoms with van der Waals surface area (Å²) in [6, 6.07) is 0. The van der Waals surface area contributed by atoms with Gasteiger partial charge in [-0.25, -0.2) is 0 Å². The van der Waals surface area contributed by atoms with Crippen LogP contribution in [0, 0.1) is 11.3 Å². The van der Waals surface area contributed by atoms with E-state index in [4.69, 9.17) is 4.74 Å². The minimum atomic E-state index is -0.857. The van der Waals surface area contributed by atoms with Crippen LogP contribution in [-0.4, -0.2) is 34.1 Å². The summed E-state index contributed by atoms with van der Waals surface area (Å²) >= 11 is 0. The van der Waals surface area contributed by atoms with Crippen LogP contribution in [0.1, 0.15) is 80.6 Å². The second kappa shape index (κ2) is 9.34. The van der Waals surface area contributed by atoms with Gasteiger partial charge in [0.2, 0.25) is 0 Å². The minimum absolute atomic E-state index is 0.0816. The number of allylic oxidation sites excluding steroid dienone is 3. The highest BCUT2D eigenvalue weighted by atomic mass is 16.5. The maximum absolute atomic E-state index is 10.4. The van der Waals surface area contributed by atoms with Crippen molar-refractivity contribution in [3.05, 3.63) is 23.8 Å². The summed E-state index contributed by atoms with van der Waals surface area (Å²) in [5.41, 5.74) is 1.29. The lowest BCUT2D eigenvalue weighted by molar-refractivity contribution is -0.224. The van der Waals surface area contributed by atoms with E-state index >= 15 is 0 Å². The van der Waals surface area contributed by atoms with Crippen molar-refractivity contribution in [2.45, 2.75) is 104 Å². The summed E-state index contributed by atoms with van der Waals surface area (Å²) < 4.78 is 6.18. The van der Waals surface area contributed by atoms with Crippen LogP contribution >= 0.6 is 0 Å². The predicted molar refractivity (Wildman–Crippen MR) is 106 cm³/mol. The molecule has 3 nitrogen and oxygen atoms in total. The fourth-order valence-corrected chi connectivity index (χ4v) is 3.45. The van der Waals surface area contributed by atoms with Gasteiger partial charge in [0.1, 0.15) is 12.2 Å². The Morgan fingerprint density at radius 1 is 1.24 bits per heavy atom. The molecule has 0 spiro atoms. The smallest absolute Gasteiger partial charge is 0.110 e. The first-order valence-corrected chi connectivity index (χ1v) is 9.95. The summed E-state index contributed by atoms with van der Waals surface area (Å²) in [5.74, 6) is -0.0816. The van der Waals surface area contributed by atoms with Crippen LogP contribution in [0.3, 0.4) is 0 Å². The molecule has 146 valence electrons. The highest BCUT2D eigenvalue weighted by molar-refractivity contribution is 5.05. The second-order valence-corrected chi connectivity index (χ2v) is 8.45. The highest BCUT2D eigenvalue weighted by Gasteiger charge is 2.47. The normalized spacial score (nSPS) is 36.6. The number of ether oxygens (including phenoxy) is 1. The summed E-state index contributed by atoms with van der Waals surface area (Å²) in [5, 5.41) is 20.8. The van der Waals surface area contributed by atoms with Crippen molar-refractivity contribution >= 4 is 0 Å². The lowest BCUT2D eigenvalue weighted by Gasteiger charge is -2.47. The van der Waals surface area contributed by atoms with E-state index in [1.807, 2.05) is 19.9 Å². The summed E-state index contributed by atoms with van der Waals surface area (Å²) in [4.78, 5) is 0. The molecule has 0 radical (unpaired) electrons. The maximum atomic E-state index is 10.4. The van der Waals surface area contributed by atoms with Crippen LogP contribution in [-0.2, 0) is 4.74 Å². The average Bonchev–Trinajstić information content (AvgIpc) is 2.62. The molecule has 0 aromatic rings. The molecule has 1 saturated heterocycles. The highest BCUT2D eigenvalue weighted by Crippen LogP contribution is 2.38. The second-order valence-electron chi connectivity index (χ2n) is 8.45. The van der Waals surface area contributed by atoms with E-state index in [2.05, 4.69) is 46.8 Å². The van der Waals surface area contributed by atoms with Crippen LogP contribution < -0.4 is 0 Å². The Morgan fingerprint density at radius 2 is 1.88 bits per heavy atom. The molecule has 1 heterocycles. The van der Waals surface area contributed by atoms with Gasteiger partial charge in [0.15, 0.2) is 0 Å². The molecular weight excluding hydrogens is 312 g/mol. The first kappa shape index (κ1) is 22.4. The lowest BCUT2D eigenvalue weighted by Crippen LogP contribution is -2.58. The van der Waals surface area contributed by atoms with Gasteiger partial charge in [0.25, 0.3) is 0 Å². The molecule has 1 aliphatic rings. The van der Waals surface area contributed by atoms with Crippen molar-refractivity contribution in [2.24, 2.45) is 11.3 Å². The largest absolute Gasteiger partial charge is 0.390 e. The molecule has 0 amide bonds. The summed E-state index contributed by atoms with van der Waals surface area (Å²) in [6.45, 7) is 14.9. The Hall–Kier alpha value is -0.640. The molecule has 0 aromatic carbocycles. The van der Waals surface area contributed by atoms with Crippen molar-refractivity contribution in [1.82, 2.24) is 0 Å². The number of hydrogen-bond acceptors (Lipinski definition) is 3. The molecule has 3 heteroatoms. The third-order valence-corrected chi connectivity index (χ3v) is 6.67. The van der Waals surface area contributed by atoms with Gasteiger partial charge in [-0.2, -0.15) is 0 Å². The van der Waals surface area contributed by atoms with Crippen LogP contribution in [0.5, 0.6) is 0 Å². The molecule has 1 aliphatic heterocycles. The van der Waals surface area contributed by atoms with E-state index in [9.17, 15) is 10.2 Å². The van der Waals surface area contributed by atoms with Crippen molar-refractivity contribution < 1.29 is 14.9 Å². The zero-order chi connectivity index (χ0) is 19.3. The monoisotopic (exact) mass is 352 g/mol. The van der Waals surface area contributed by atoms with Crippen LogP contribution in [0.2, 0.25) is 0 Å². The van der Waals surface area contributed by atoms with Gasteiger partial charge in [-0.1, -0.05) is 57.9 Å². The summed E-state index contributed by atoms with van der Waals surface area (Å²) in [6.07, 6.45) is 9.43. The molecule has 6 atom stereocenters. The summed E-state index contributed by atoms with van der Waals surface area (Å²) in [7, 11) is 0. The quantitative estimate of drug-likeness (QED) is 0.603. The Bertz CT molecular complexity index is 470. The van der Waals surface area contributed by atoms with Gasteiger partial charge in [0.05, 0.1) is 11.7 Å². The molecule has 25 heavy (non-hydrogen) atoms. The molecule has 0 aromatic heterocycles. The Balaban J connectivity index is 2.75. The molecular formula is C22H40O3. The third kappa shape index (κ3) is 5.67. The van der Waals surface area contributed by atoms with Crippen molar-refractivity contribution in [2.75, 3.05) is 0 Å². The van der Waals surface area contributed by atoms with Gasteiger partial charge in [-0.15, -0.1) is 0 Å². The molecule has 0 saturated carbocycles. The van der Waals surface area contributed by atoms with Gasteiger partial charge < -0.3 is 14.9 Å². The van der Waals surface area contributed by atoms with E-state index in [-0.39, 0.29) is 11.3 Å². The third-order valence-electron chi connectivity index (χ3n) is 6.67. The molecule has 0 aliphatic carbocycles. The number of hydrogen-bond donors (Lipinski definition) is 2. The van der Waals surface area contributed by atoms with Gasteiger partial charge in [0, 0.05) is 5.92 Å². The number of aliphatic hydroxyl groups excluding tert-OH is 2. The van der Waals surface area contributed by atoms with E-state index in [1.54, 1.807) is 0 Å². The van der Waals surface area contributed by atoms with Crippen LogP contribution in [0.25, 0.3) is 0 Å². The minimum Gasteiger partial charge on any atom is -0.390 e. The number of aliphatic hydroxyl groups is 2. The van der Waals surface area contributed by atoms with E-state index in [0.717, 1.165) is 32.1 Å². The lowest BCUT2D eigenvalue weighted by atomic mass is 9.77. The Labute approximate surface area is 155 Å². The molecule has 2 N–H and O–H groups in total. The first-order chi connectivity index (χ1) is 11.6. The molecule has 1 fully saturated rings. The van der Waals surface area contributed by atoms with Crippen LogP contribution in [0.15, 0.2) is 23.8 Å². The van der Waals surface area contributed by atoms with Gasteiger partial charge in [-0.3, -0.25) is 0 Å². The Kier molecular flexibility index (Phi) is 8.37. The fourth-order valence-electron chi connectivity index (χ4n) is 3.45. The standard InChI is InChI=1S/C22H40O3/c1-8-16(4)13-15-21(6,9-2)14-11-12-18-20(24)19(23)17(5)22(7,10-3)25-18/h8,11-12,17-20,23-24H,9-10,13-15H2,1-7H3/b12-11+,16-8+/t17-,18-,19-,20-,21?,22?/m0/s1.